The van der Waals surface area contributed by atoms with Crippen molar-refractivity contribution in [2.24, 2.45) is 0 Å². The van der Waals surface area contributed by atoms with Gasteiger partial charge in [0.15, 0.2) is 5.82 Å². The summed E-state index contributed by atoms with van der Waals surface area (Å²) in [6.07, 6.45) is 0. The van der Waals surface area contributed by atoms with Crippen molar-refractivity contribution in [1.29, 1.82) is 0 Å². The van der Waals surface area contributed by atoms with Crippen molar-refractivity contribution in [1.82, 2.24) is 14.8 Å². The maximum Gasteiger partial charge on any atom is 0.273 e. The van der Waals surface area contributed by atoms with Crippen molar-refractivity contribution in [3.63, 3.8) is 0 Å². The van der Waals surface area contributed by atoms with E-state index in [9.17, 15) is 14.5 Å². The SMILES string of the molecule is CC(C)(C)n1c(CBr)nnc1-c1cc(F)cc([N+](=O)[O-])c1. The lowest BCUT2D eigenvalue weighted by Crippen LogP contribution is -2.24. The molecule has 1 aromatic heterocycles. The minimum absolute atomic E-state index is 0.311. The molecule has 0 spiro atoms. The van der Waals surface area contributed by atoms with Crippen LogP contribution in [0.5, 0.6) is 0 Å². The second-order valence-corrected chi connectivity index (χ2v) is 6.10. The molecule has 0 amide bonds. The van der Waals surface area contributed by atoms with E-state index in [4.69, 9.17) is 0 Å². The van der Waals surface area contributed by atoms with E-state index in [1.165, 1.54) is 12.1 Å². The molecule has 2 aromatic rings. The van der Waals surface area contributed by atoms with E-state index in [0.717, 1.165) is 6.07 Å². The van der Waals surface area contributed by atoms with Crippen LogP contribution >= 0.6 is 15.9 Å². The molecule has 0 fully saturated rings. The highest BCUT2D eigenvalue weighted by atomic mass is 79.9. The lowest BCUT2D eigenvalue weighted by Gasteiger charge is -2.24. The Hall–Kier alpha value is -1.83. The molecule has 0 atom stereocenters. The minimum atomic E-state index is -0.678. The van der Waals surface area contributed by atoms with E-state index < -0.39 is 10.7 Å². The van der Waals surface area contributed by atoms with Crippen molar-refractivity contribution < 1.29 is 9.31 Å². The zero-order valence-electron chi connectivity index (χ0n) is 11.8. The van der Waals surface area contributed by atoms with Crippen molar-refractivity contribution in [3.05, 3.63) is 40.0 Å². The second kappa shape index (κ2) is 5.51. The number of benzene rings is 1. The van der Waals surface area contributed by atoms with Gasteiger partial charge in [-0.3, -0.25) is 10.1 Å². The van der Waals surface area contributed by atoms with Crippen LogP contribution in [0.1, 0.15) is 26.6 Å². The maximum absolute atomic E-state index is 13.6. The van der Waals surface area contributed by atoms with E-state index in [1.807, 2.05) is 25.3 Å². The molecule has 6 nitrogen and oxygen atoms in total. The third-order valence-electron chi connectivity index (χ3n) is 2.87. The summed E-state index contributed by atoms with van der Waals surface area (Å²) in [5, 5.41) is 19.5. The number of hydrogen-bond donors (Lipinski definition) is 0. The molecular formula is C13H14BrFN4O2. The van der Waals surface area contributed by atoms with Crippen molar-refractivity contribution >= 4 is 21.6 Å². The maximum atomic E-state index is 13.6. The number of nitro groups is 1. The number of non-ortho nitro benzene ring substituents is 1. The average Bonchev–Trinajstić information content (AvgIpc) is 2.81. The summed E-state index contributed by atoms with van der Waals surface area (Å²) in [6.45, 7) is 5.87. The number of halogens is 2. The molecule has 21 heavy (non-hydrogen) atoms. The third-order valence-corrected chi connectivity index (χ3v) is 3.37. The first-order valence-corrected chi connectivity index (χ1v) is 7.32. The molecule has 0 radical (unpaired) electrons. The van der Waals surface area contributed by atoms with Gasteiger partial charge in [0.1, 0.15) is 11.6 Å². The molecule has 0 aliphatic heterocycles. The molecule has 112 valence electrons. The molecule has 0 bridgehead atoms. The molecule has 0 aliphatic carbocycles. The van der Waals surface area contributed by atoms with Crippen LogP contribution in [-0.2, 0) is 10.9 Å². The lowest BCUT2D eigenvalue weighted by atomic mass is 10.1. The van der Waals surface area contributed by atoms with Crippen molar-refractivity contribution in [3.8, 4) is 11.4 Å². The molecule has 0 N–H and O–H groups in total. The molecule has 0 unspecified atom stereocenters. The third kappa shape index (κ3) is 3.10. The second-order valence-electron chi connectivity index (χ2n) is 5.53. The number of hydrogen-bond acceptors (Lipinski definition) is 4. The Morgan fingerprint density at radius 1 is 1.33 bits per heavy atom. The van der Waals surface area contributed by atoms with Gasteiger partial charge in [0.25, 0.3) is 5.69 Å². The van der Waals surface area contributed by atoms with Crippen LogP contribution in [0.2, 0.25) is 0 Å². The van der Waals surface area contributed by atoms with Crippen LogP contribution in [0.15, 0.2) is 18.2 Å². The molecule has 0 saturated carbocycles. The fraction of sp³-hybridized carbons (Fsp3) is 0.385. The first-order chi connectivity index (χ1) is 9.74. The first kappa shape index (κ1) is 15.6. The Morgan fingerprint density at radius 2 is 2.00 bits per heavy atom. The van der Waals surface area contributed by atoms with E-state index in [2.05, 4.69) is 26.1 Å². The van der Waals surface area contributed by atoms with Gasteiger partial charge in [-0.1, -0.05) is 15.9 Å². The van der Waals surface area contributed by atoms with Crippen LogP contribution in [0.3, 0.4) is 0 Å². The smallest absolute Gasteiger partial charge is 0.273 e. The van der Waals surface area contributed by atoms with Gasteiger partial charge in [0.2, 0.25) is 0 Å². The Balaban J connectivity index is 2.68. The Bertz CT molecular complexity index is 694. The summed E-state index contributed by atoms with van der Waals surface area (Å²) in [5.74, 6) is 0.395. The van der Waals surface area contributed by atoms with Gasteiger partial charge >= 0.3 is 0 Å². The molecule has 1 heterocycles. The molecule has 0 aliphatic rings. The van der Waals surface area contributed by atoms with E-state index in [1.54, 1.807) is 0 Å². The summed E-state index contributed by atoms with van der Waals surface area (Å²) in [7, 11) is 0. The van der Waals surface area contributed by atoms with E-state index in [-0.39, 0.29) is 11.2 Å². The number of nitro benzene ring substituents is 1. The topological polar surface area (TPSA) is 73.8 Å². The fourth-order valence-electron chi connectivity index (χ4n) is 2.10. The van der Waals surface area contributed by atoms with Crippen LogP contribution in [-0.4, -0.2) is 19.7 Å². The monoisotopic (exact) mass is 356 g/mol. The molecule has 1 aromatic carbocycles. The van der Waals surface area contributed by atoms with Gasteiger partial charge in [-0.25, -0.2) is 4.39 Å². The van der Waals surface area contributed by atoms with Crippen molar-refractivity contribution in [2.45, 2.75) is 31.6 Å². The number of alkyl halides is 1. The predicted molar refractivity (Wildman–Crippen MR) is 79.7 cm³/mol. The Kier molecular flexibility index (Phi) is 4.08. The van der Waals surface area contributed by atoms with Crippen molar-refractivity contribution in [2.75, 3.05) is 0 Å². The van der Waals surface area contributed by atoms with Gasteiger partial charge in [-0.05, 0) is 26.8 Å². The predicted octanol–water partition coefficient (Wildman–Crippen LogP) is 3.64. The summed E-state index contributed by atoms with van der Waals surface area (Å²) in [6, 6.07) is 3.40. The highest BCUT2D eigenvalue weighted by molar-refractivity contribution is 9.08. The number of rotatable bonds is 3. The summed E-state index contributed by atoms with van der Waals surface area (Å²) in [5.41, 5.74) is -0.326. The Labute approximate surface area is 129 Å². The first-order valence-electron chi connectivity index (χ1n) is 6.20. The normalized spacial score (nSPS) is 11.7. The van der Waals surface area contributed by atoms with Gasteiger partial charge in [0.05, 0.1) is 16.3 Å². The molecule has 8 heteroatoms. The van der Waals surface area contributed by atoms with E-state index in [0.29, 0.717) is 22.5 Å². The van der Waals surface area contributed by atoms with Gasteiger partial charge in [-0.15, -0.1) is 10.2 Å². The summed E-state index contributed by atoms with van der Waals surface area (Å²) in [4.78, 5) is 10.2. The van der Waals surface area contributed by atoms with Gasteiger partial charge < -0.3 is 4.57 Å². The van der Waals surface area contributed by atoms with Crippen LogP contribution in [0.4, 0.5) is 10.1 Å². The quantitative estimate of drug-likeness (QED) is 0.478. The van der Waals surface area contributed by atoms with Crippen LogP contribution in [0, 0.1) is 15.9 Å². The highest BCUT2D eigenvalue weighted by Crippen LogP contribution is 2.29. The standard InChI is InChI=1S/C13H14BrFN4O2/c1-13(2,3)18-11(7-14)16-17-12(18)8-4-9(15)6-10(5-8)19(20)21/h4-6H,7H2,1-3H3. The highest BCUT2D eigenvalue weighted by Gasteiger charge is 2.24. The van der Waals surface area contributed by atoms with Gasteiger partial charge in [-0.2, -0.15) is 0 Å². The Morgan fingerprint density at radius 3 is 2.52 bits per heavy atom. The lowest BCUT2D eigenvalue weighted by molar-refractivity contribution is -0.385. The zero-order valence-corrected chi connectivity index (χ0v) is 13.4. The summed E-state index contributed by atoms with van der Waals surface area (Å²) >= 11 is 3.33. The fourth-order valence-corrected chi connectivity index (χ4v) is 2.47. The van der Waals surface area contributed by atoms with Crippen LogP contribution in [0.25, 0.3) is 11.4 Å². The van der Waals surface area contributed by atoms with Crippen LogP contribution < -0.4 is 0 Å². The average molecular weight is 357 g/mol. The van der Waals surface area contributed by atoms with Gasteiger partial charge in [0, 0.05) is 17.2 Å². The number of aromatic nitrogens is 3. The zero-order chi connectivity index (χ0) is 15.8. The summed E-state index contributed by atoms with van der Waals surface area (Å²) < 4.78 is 15.5. The van der Waals surface area contributed by atoms with E-state index >= 15 is 0 Å². The molecular weight excluding hydrogens is 343 g/mol. The minimum Gasteiger partial charge on any atom is -0.305 e. The number of nitrogens with zero attached hydrogens (tertiary/aromatic N) is 4. The molecule has 0 saturated heterocycles. The largest absolute Gasteiger partial charge is 0.305 e. The molecule has 2 rings (SSSR count).